The summed E-state index contributed by atoms with van der Waals surface area (Å²) >= 11 is 3.54. The number of thiophene rings is 2. The van der Waals surface area contributed by atoms with Gasteiger partial charge in [0.15, 0.2) is 0 Å². The van der Waals surface area contributed by atoms with Crippen LogP contribution in [0.5, 0.6) is 0 Å². The summed E-state index contributed by atoms with van der Waals surface area (Å²) in [4.78, 5) is 9.98. The van der Waals surface area contributed by atoms with Crippen molar-refractivity contribution in [1.29, 1.82) is 0 Å². The highest BCUT2D eigenvalue weighted by atomic mass is 32.1. The summed E-state index contributed by atoms with van der Waals surface area (Å²) in [5.74, 6) is 0. The molecule has 0 spiro atoms. The smallest absolute Gasteiger partial charge is 0.0719 e. The predicted octanol–water partition coefficient (Wildman–Crippen LogP) is 7.03. The lowest BCUT2D eigenvalue weighted by Crippen LogP contribution is -1.97. The van der Waals surface area contributed by atoms with E-state index in [9.17, 15) is 0 Å². The van der Waals surface area contributed by atoms with E-state index in [1.807, 2.05) is 30.9 Å². The zero-order valence-corrected chi connectivity index (χ0v) is 17.0. The van der Waals surface area contributed by atoms with Gasteiger partial charge in [-0.1, -0.05) is 12.1 Å². The maximum Gasteiger partial charge on any atom is 0.0719 e. The second-order valence-electron chi connectivity index (χ2n) is 6.85. The minimum atomic E-state index is 1.12. The van der Waals surface area contributed by atoms with E-state index in [1.54, 1.807) is 22.7 Å². The molecule has 3 nitrogen and oxygen atoms in total. The molecule has 0 fully saturated rings. The van der Waals surface area contributed by atoms with Crippen molar-refractivity contribution in [3.05, 3.63) is 90.1 Å². The van der Waals surface area contributed by atoms with E-state index in [2.05, 4.69) is 73.8 Å². The van der Waals surface area contributed by atoms with Gasteiger partial charge in [0, 0.05) is 29.5 Å². The normalized spacial score (nSPS) is 11.4. The maximum atomic E-state index is 4.42. The van der Waals surface area contributed by atoms with Crippen molar-refractivity contribution >= 4 is 43.7 Å². The average Bonchev–Trinajstić information content (AvgIpc) is 3.52. The van der Waals surface area contributed by atoms with E-state index in [0.717, 1.165) is 11.1 Å². The van der Waals surface area contributed by atoms with Crippen LogP contribution in [0, 0.1) is 0 Å². The van der Waals surface area contributed by atoms with Crippen LogP contribution in [0.2, 0.25) is 0 Å². The van der Waals surface area contributed by atoms with E-state index >= 15 is 0 Å². The Hall–Kier alpha value is -3.28. The SMILES string of the molecule is c1cncc(-c2cc(-n3c(-c4cccs4)cc4ccncc43)c3sccc3c2)c1. The molecule has 5 heterocycles. The summed E-state index contributed by atoms with van der Waals surface area (Å²) in [5, 5.41) is 6.73. The molecule has 6 rings (SSSR count). The van der Waals surface area contributed by atoms with E-state index in [4.69, 9.17) is 0 Å². The Morgan fingerprint density at radius 3 is 2.55 bits per heavy atom. The molecule has 0 amide bonds. The fourth-order valence-corrected chi connectivity index (χ4v) is 5.46. The number of benzene rings is 1. The minimum absolute atomic E-state index is 1.12. The van der Waals surface area contributed by atoms with Gasteiger partial charge in [0.1, 0.15) is 0 Å². The molecule has 5 aromatic heterocycles. The highest BCUT2D eigenvalue weighted by molar-refractivity contribution is 7.17. The van der Waals surface area contributed by atoms with Crippen LogP contribution < -0.4 is 0 Å². The Morgan fingerprint density at radius 2 is 1.69 bits per heavy atom. The van der Waals surface area contributed by atoms with Crippen molar-refractivity contribution in [2.75, 3.05) is 0 Å². The molecule has 0 radical (unpaired) electrons. The molecule has 0 aliphatic rings. The Kier molecular flexibility index (Phi) is 3.82. The first-order valence-corrected chi connectivity index (χ1v) is 11.1. The molecule has 138 valence electrons. The Morgan fingerprint density at radius 1 is 0.724 bits per heavy atom. The molecule has 1 aromatic carbocycles. The number of aromatic nitrogens is 3. The summed E-state index contributed by atoms with van der Waals surface area (Å²) in [6, 6.07) is 19.4. The molecule has 0 aliphatic heterocycles. The van der Waals surface area contributed by atoms with Gasteiger partial charge in [0.2, 0.25) is 0 Å². The van der Waals surface area contributed by atoms with Crippen LogP contribution in [0.15, 0.2) is 90.1 Å². The van der Waals surface area contributed by atoms with Gasteiger partial charge in [-0.15, -0.1) is 22.7 Å². The van der Waals surface area contributed by atoms with Crippen molar-refractivity contribution in [3.8, 4) is 27.4 Å². The van der Waals surface area contributed by atoms with Crippen LogP contribution >= 0.6 is 22.7 Å². The van der Waals surface area contributed by atoms with Crippen LogP contribution in [0.25, 0.3) is 48.4 Å². The van der Waals surface area contributed by atoms with Crippen LogP contribution in [0.3, 0.4) is 0 Å². The van der Waals surface area contributed by atoms with Gasteiger partial charge in [-0.2, -0.15) is 0 Å². The molecule has 0 N–H and O–H groups in total. The van der Waals surface area contributed by atoms with Crippen molar-refractivity contribution < 1.29 is 0 Å². The summed E-state index contributed by atoms with van der Waals surface area (Å²) in [7, 11) is 0. The molecule has 0 unspecified atom stereocenters. The second-order valence-corrected chi connectivity index (χ2v) is 8.72. The number of pyridine rings is 2. The van der Waals surface area contributed by atoms with Gasteiger partial charge in [-0.25, -0.2) is 0 Å². The zero-order chi connectivity index (χ0) is 19.2. The summed E-state index contributed by atoms with van der Waals surface area (Å²) in [6.07, 6.45) is 7.56. The predicted molar refractivity (Wildman–Crippen MR) is 123 cm³/mol. The lowest BCUT2D eigenvalue weighted by molar-refractivity contribution is 1.15. The largest absolute Gasteiger partial charge is 0.305 e. The average molecular weight is 410 g/mol. The first-order valence-electron chi connectivity index (χ1n) is 9.30. The standard InChI is InChI=1S/C24H15N3S2/c1-3-18(14-25-7-1)19-11-17-6-10-29-24(17)21(13-19)27-20(23-4-2-9-28-23)12-16-5-8-26-15-22(16)27/h1-15H. The minimum Gasteiger partial charge on any atom is -0.305 e. The van der Waals surface area contributed by atoms with E-state index in [0.29, 0.717) is 0 Å². The van der Waals surface area contributed by atoms with Gasteiger partial charge < -0.3 is 4.57 Å². The molecular formula is C24H15N3S2. The van der Waals surface area contributed by atoms with Crippen LogP contribution in [-0.4, -0.2) is 14.5 Å². The molecule has 0 aliphatic carbocycles. The molecule has 29 heavy (non-hydrogen) atoms. The number of rotatable bonds is 3. The Balaban J connectivity index is 1.72. The monoisotopic (exact) mass is 409 g/mol. The molecule has 0 saturated heterocycles. The number of hydrogen-bond acceptors (Lipinski definition) is 4. The first-order chi connectivity index (χ1) is 14.4. The maximum absolute atomic E-state index is 4.42. The molecule has 6 aromatic rings. The van der Waals surface area contributed by atoms with E-state index in [-0.39, 0.29) is 0 Å². The second kappa shape index (κ2) is 6.65. The molecule has 0 bridgehead atoms. The fraction of sp³-hybridized carbons (Fsp3) is 0. The molecule has 0 saturated carbocycles. The summed E-state index contributed by atoms with van der Waals surface area (Å²) in [6.45, 7) is 0. The van der Waals surface area contributed by atoms with Crippen molar-refractivity contribution in [2.45, 2.75) is 0 Å². The molecule has 0 atom stereocenters. The van der Waals surface area contributed by atoms with Gasteiger partial charge >= 0.3 is 0 Å². The van der Waals surface area contributed by atoms with Crippen molar-refractivity contribution in [3.63, 3.8) is 0 Å². The van der Waals surface area contributed by atoms with Crippen molar-refractivity contribution in [1.82, 2.24) is 14.5 Å². The first kappa shape index (κ1) is 16.7. The third-order valence-corrected chi connectivity index (χ3v) is 6.99. The Labute approximate surface area is 175 Å². The molecule has 5 heteroatoms. The summed E-state index contributed by atoms with van der Waals surface area (Å²) < 4.78 is 3.63. The Bertz CT molecular complexity index is 1440. The van der Waals surface area contributed by atoms with E-state index in [1.165, 1.54) is 37.3 Å². The van der Waals surface area contributed by atoms with Gasteiger partial charge in [0.25, 0.3) is 0 Å². The van der Waals surface area contributed by atoms with Gasteiger partial charge in [-0.05, 0) is 64.2 Å². The van der Waals surface area contributed by atoms with Crippen LogP contribution in [0.1, 0.15) is 0 Å². The highest BCUT2D eigenvalue weighted by Crippen LogP contribution is 2.39. The summed E-state index contributed by atoms with van der Waals surface area (Å²) in [5.41, 5.74) is 5.79. The van der Waals surface area contributed by atoms with Gasteiger partial charge in [-0.3, -0.25) is 9.97 Å². The highest BCUT2D eigenvalue weighted by Gasteiger charge is 2.17. The van der Waals surface area contributed by atoms with Crippen LogP contribution in [-0.2, 0) is 0 Å². The quantitative estimate of drug-likeness (QED) is 0.314. The topological polar surface area (TPSA) is 30.7 Å². The fourth-order valence-electron chi connectivity index (χ4n) is 3.84. The van der Waals surface area contributed by atoms with Crippen molar-refractivity contribution in [2.24, 2.45) is 0 Å². The number of nitrogens with zero attached hydrogens (tertiary/aromatic N) is 3. The lowest BCUT2D eigenvalue weighted by atomic mass is 10.0. The molecular weight excluding hydrogens is 394 g/mol. The lowest BCUT2D eigenvalue weighted by Gasteiger charge is -2.13. The third kappa shape index (κ3) is 2.70. The van der Waals surface area contributed by atoms with E-state index < -0.39 is 0 Å². The van der Waals surface area contributed by atoms with Crippen LogP contribution in [0.4, 0.5) is 0 Å². The third-order valence-electron chi connectivity index (χ3n) is 5.15. The van der Waals surface area contributed by atoms with Gasteiger partial charge in [0.05, 0.1) is 32.7 Å². The number of fused-ring (bicyclic) bond motifs is 2. The number of hydrogen-bond donors (Lipinski definition) is 0. The zero-order valence-electron chi connectivity index (χ0n) is 15.3.